The predicted molar refractivity (Wildman–Crippen MR) is 56.5 cm³/mol. The van der Waals surface area contributed by atoms with Crippen LogP contribution in [0.15, 0.2) is 6.20 Å². The van der Waals surface area contributed by atoms with Gasteiger partial charge in [-0.2, -0.15) is 15.0 Å². The van der Waals surface area contributed by atoms with Gasteiger partial charge in [0.05, 0.1) is 18.4 Å². The van der Waals surface area contributed by atoms with Crippen LogP contribution in [0.1, 0.15) is 11.3 Å². The molecule has 0 aliphatic carbocycles. The third kappa shape index (κ3) is 1.80. The molecule has 2 aromatic rings. The normalized spacial score (nSPS) is 10.9. The van der Waals surface area contributed by atoms with Crippen LogP contribution >= 0.6 is 11.6 Å². The van der Waals surface area contributed by atoms with Crippen molar-refractivity contribution >= 4 is 17.4 Å². The number of halogens is 1. The SMILES string of the molecule is Cc1nn(C)c(Cl)c1Cn1ncc(N)n1. The molecule has 0 bridgehead atoms. The Bertz CT molecular complexity index is 485. The Morgan fingerprint density at radius 1 is 1.47 bits per heavy atom. The fraction of sp³-hybridized carbons (Fsp3) is 0.375. The van der Waals surface area contributed by atoms with Crippen LogP contribution in [0.25, 0.3) is 0 Å². The molecule has 2 N–H and O–H groups in total. The van der Waals surface area contributed by atoms with Crippen LogP contribution in [0.3, 0.4) is 0 Å². The summed E-state index contributed by atoms with van der Waals surface area (Å²) in [5.74, 6) is 0.396. The van der Waals surface area contributed by atoms with E-state index in [4.69, 9.17) is 17.3 Å². The number of rotatable bonds is 2. The Morgan fingerprint density at radius 3 is 2.67 bits per heavy atom. The predicted octanol–water partition coefficient (Wildman–Crippen LogP) is 0.604. The third-order valence-electron chi connectivity index (χ3n) is 2.12. The van der Waals surface area contributed by atoms with Gasteiger partial charge in [-0.05, 0) is 6.92 Å². The van der Waals surface area contributed by atoms with E-state index < -0.39 is 0 Å². The molecular formula is C8H11ClN6. The highest BCUT2D eigenvalue weighted by Crippen LogP contribution is 2.19. The number of hydrogen-bond donors (Lipinski definition) is 1. The van der Waals surface area contributed by atoms with Crippen molar-refractivity contribution in [2.75, 3.05) is 5.73 Å². The summed E-state index contributed by atoms with van der Waals surface area (Å²) in [5, 5.41) is 12.8. The minimum absolute atomic E-state index is 0.396. The van der Waals surface area contributed by atoms with E-state index in [1.54, 1.807) is 11.7 Å². The van der Waals surface area contributed by atoms with Crippen LogP contribution in [-0.2, 0) is 13.6 Å². The second kappa shape index (κ2) is 3.54. The molecule has 2 rings (SSSR count). The van der Waals surface area contributed by atoms with Crippen molar-refractivity contribution in [2.24, 2.45) is 7.05 Å². The van der Waals surface area contributed by atoms with Gasteiger partial charge in [-0.3, -0.25) is 4.68 Å². The van der Waals surface area contributed by atoms with Gasteiger partial charge in [-0.15, -0.1) is 5.10 Å². The van der Waals surface area contributed by atoms with Crippen LogP contribution in [0.4, 0.5) is 5.82 Å². The zero-order valence-electron chi connectivity index (χ0n) is 8.48. The number of nitrogen functional groups attached to an aromatic ring is 1. The van der Waals surface area contributed by atoms with Gasteiger partial charge in [-0.25, -0.2) is 0 Å². The van der Waals surface area contributed by atoms with Crippen molar-refractivity contribution in [3.8, 4) is 0 Å². The molecule has 0 unspecified atom stereocenters. The highest BCUT2D eigenvalue weighted by Gasteiger charge is 2.12. The van der Waals surface area contributed by atoms with Crippen molar-refractivity contribution in [3.63, 3.8) is 0 Å². The van der Waals surface area contributed by atoms with Gasteiger partial charge in [0, 0.05) is 12.6 Å². The molecule has 15 heavy (non-hydrogen) atoms. The minimum atomic E-state index is 0.396. The second-order valence-corrected chi connectivity index (χ2v) is 3.64. The van der Waals surface area contributed by atoms with Crippen molar-refractivity contribution in [1.29, 1.82) is 0 Å². The van der Waals surface area contributed by atoms with Gasteiger partial charge in [0.1, 0.15) is 5.15 Å². The standard InChI is InChI=1S/C8H11ClN6/c1-5-6(8(9)14(2)12-5)4-15-11-3-7(10)13-15/h3H,4H2,1-2H3,(H2,10,13). The van der Waals surface area contributed by atoms with Crippen LogP contribution in [0.5, 0.6) is 0 Å². The average Bonchev–Trinajstić information content (AvgIpc) is 2.67. The average molecular weight is 227 g/mol. The summed E-state index contributed by atoms with van der Waals surface area (Å²) in [6, 6.07) is 0. The zero-order valence-corrected chi connectivity index (χ0v) is 9.23. The summed E-state index contributed by atoms with van der Waals surface area (Å²) in [7, 11) is 1.80. The highest BCUT2D eigenvalue weighted by atomic mass is 35.5. The third-order valence-corrected chi connectivity index (χ3v) is 2.60. The molecule has 0 fully saturated rings. The van der Waals surface area contributed by atoms with Gasteiger partial charge in [0.25, 0.3) is 0 Å². The maximum absolute atomic E-state index is 6.07. The van der Waals surface area contributed by atoms with Crippen molar-refractivity contribution in [2.45, 2.75) is 13.5 Å². The largest absolute Gasteiger partial charge is 0.381 e. The fourth-order valence-corrected chi connectivity index (χ4v) is 1.62. The van der Waals surface area contributed by atoms with Gasteiger partial charge in [-0.1, -0.05) is 11.6 Å². The van der Waals surface area contributed by atoms with Gasteiger partial charge in [0.2, 0.25) is 0 Å². The molecule has 7 heteroatoms. The minimum Gasteiger partial charge on any atom is -0.381 e. The lowest BCUT2D eigenvalue weighted by Gasteiger charge is -1.99. The Hall–Kier alpha value is -1.56. The molecule has 0 spiro atoms. The maximum atomic E-state index is 6.07. The van der Waals surface area contributed by atoms with Gasteiger partial charge >= 0.3 is 0 Å². The summed E-state index contributed by atoms with van der Waals surface area (Å²) in [6.45, 7) is 2.38. The molecular weight excluding hydrogens is 216 g/mol. The van der Waals surface area contributed by atoms with Gasteiger partial charge < -0.3 is 5.73 Å². The molecule has 6 nitrogen and oxygen atoms in total. The van der Waals surface area contributed by atoms with Crippen molar-refractivity contribution in [3.05, 3.63) is 22.6 Å². The van der Waals surface area contributed by atoms with Crippen LogP contribution in [-0.4, -0.2) is 24.8 Å². The summed E-state index contributed by atoms with van der Waals surface area (Å²) in [4.78, 5) is 1.49. The first-order valence-electron chi connectivity index (χ1n) is 4.41. The maximum Gasteiger partial charge on any atom is 0.165 e. The summed E-state index contributed by atoms with van der Waals surface area (Å²) >= 11 is 6.07. The van der Waals surface area contributed by atoms with E-state index >= 15 is 0 Å². The van der Waals surface area contributed by atoms with Crippen LogP contribution < -0.4 is 5.73 Å². The van der Waals surface area contributed by atoms with Crippen molar-refractivity contribution in [1.82, 2.24) is 24.8 Å². The highest BCUT2D eigenvalue weighted by molar-refractivity contribution is 6.30. The van der Waals surface area contributed by atoms with E-state index in [2.05, 4.69) is 15.3 Å². The first-order chi connectivity index (χ1) is 7.08. The molecule has 0 atom stereocenters. The lowest BCUT2D eigenvalue weighted by Crippen LogP contribution is -2.05. The Morgan fingerprint density at radius 2 is 2.20 bits per heavy atom. The molecule has 0 saturated heterocycles. The van der Waals surface area contributed by atoms with E-state index in [0.717, 1.165) is 11.3 Å². The number of nitrogens with zero attached hydrogens (tertiary/aromatic N) is 5. The number of hydrogen-bond acceptors (Lipinski definition) is 4. The topological polar surface area (TPSA) is 74.5 Å². The number of aromatic nitrogens is 5. The fourth-order valence-electron chi connectivity index (χ4n) is 1.38. The Balaban J connectivity index is 2.31. The lowest BCUT2D eigenvalue weighted by atomic mass is 10.3. The van der Waals surface area contributed by atoms with E-state index in [0.29, 0.717) is 17.5 Å². The quantitative estimate of drug-likeness (QED) is 0.814. The van der Waals surface area contributed by atoms with E-state index in [9.17, 15) is 0 Å². The Kier molecular flexibility index (Phi) is 2.36. The molecule has 2 aromatic heterocycles. The summed E-state index contributed by atoms with van der Waals surface area (Å²) in [6.07, 6.45) is 1.50. The lowest BCUT2D eigenvalue weighted by molar-refractivity contribution is 0.591. The number of anilines is 1. The molecule has 0 saturated carbocycles. The monoisotopic (exact) mass is 226 g/mol. The van der Waals surface area contributed by atoms with E-state index in [1.807, 2.05) is 6.92 Å². The number of nitrogens with two attached hydrogens (primary N) is 1. The smallest absolute Gasteiger partial charge is 0.165 e. The molecule has 0 aromatic carbocycles. The first-order valence-corrected chi connectivity index (χ1v) is 4.79. The second-order valence-electron chi connectivity index (χ2n) is 3.28. The summed E-state index contributed by atoms with van der Waals surface area (Å²) < 4.78 is 1.62. The van der Waals surface area contributed by atoms with Crippen LogP contribution in [0, 0.1) is 6.92 Å². The van der Waals surface area contributed by atoms with Gasteiger partial charge in [0.15, 0.2) is 5.82 Å². The van der Waals surface area contributed by atoms with Crippen LogP contribution in [0.2, 0.25) is 5.15 Å². The van der Waals surface area contributed by atoms with E-state index in [1.165, 1.54) is 11.0 Å². The molecule has 0 radical (unpaired) electrons. The molecule has 0 aliphatic rings. The molecule has 0 aliphatic heterocycles. The Labute approximate surface area is 91.6 Å². The molecule has 80 valence electrons. The van der Waals surface area contributed by atoms with E-state index in [-0.39, 0.29) is 0 Å². The van der Waals surface area contributed by atoms with Crippen molar-refractivity contribution < 1.29 is 0 Å². The molecule has 2 heterocycles. The zero-order chi connectivity index (χ0) is 11.0. The summed E-state index contributed by atoms with van der Waals surface area (Å²) in [5.41, 5.74) is 7.25. The number of aryl methyl sites for hydroxylation is 2. The first kappa shape index (κ1) is 9.97. The molecule has 0 amide bonds.